The van der Waals surface area contributed by atoms with Crippen LogP contribution in [0.3, 0.4) is 0 Å². The molecule has 1 saturated heterocycles. The van der Waals surface area contributed by atoms with Crippen molar-refractivity contribution < 1.29 is 0 Å². The Morgan fingerprint density at radius 1 is 1.38 bits per heavy atom. The van der Waals surface area contributed by atoms with Gasteiger partial charge in [0.2, 0.25) is 0 Å². The maximum atomic E-state index is 2.40. The second kappa shape index (κ2) is 7.34. The number of likely N-dealkylation sites (tertiary alicyclic amines) is 1. The molecule has 0 radical (unpaired) electrons. The van der Waals surface area contributed by atoms with Gasteiger partial charge in [0.25, 0.3) is 0 Å². The van der Waals surface area contributed by atoms with Gasteiger partial charge in [0, 0.05) is 6.04 Å². The van der Waals surface area contributed by atoms with E-state index in [1.165, 1.54) is 32.4 Å². The summed E-state index contributed by atoms with van der Waals surface area (Å²) < 4.78 is 0. The van der Waals surface area contributed by atoms with Gasteiger partial charge < -0.3 is 9.80 Å². The molecule has 1 atom stereocenters. The summed E-state index contributed by atoms with van der Waals surface area (Å²) in [7, 11) is 6.37. The Hall–Kier alpha value is -0.0800. The van der Waals surface area contributed by atoms with Crippen LogP contribution in [-0.4, -0.2) is 50.1 Å². The molecule has 0 spiro atoms. The Morgan fingerprint density at radius 3 is 2.08 bits per heavy atom. The van der Waals surface area contributed by atoms with Crippen molar-refractivity contribution in [2.75, 3.05) is 34.2 Å². The fraction of sp³-hybridized carbons (Fsp3) is 1.00. The molecule has 1 fully saturated rings. The van der Waals surface area contributed by atoms with Gasteiger partial charge >= 0.3 is 0 Å². The van der Waals surface area contributed by atoms with Crippen LogP contribution in [0.2, 0.25) is 0 Å². The number of nitrogens with zero attached hydrogens (tertiary/aromatic N) is 2. The standard InChI is InChI=1S/C6H13N.C5H13N/c1-6-4-3-5-7(6)2;1-4-5-6(2)3/h6H,3-5H2,1-2H3;4-5H2,1-3H3. The predicted molar refractivity (Wildman–Crippen MR) is 60.2 cm³/mol. The number of hydrogen-bond donors (Lipinski definition) is 0. The lowest BCUT2D eigenvalue weighted by molar-refractivity contribution is 0.331. The molecule has 2 heteroatoms. The Morgan fingerprint density at radius 2 is 2.00 bits per heavy atom. The first-order valence-electron chi connectivity index (χ1n) is 5.43. The second-order valence-electron chi connectivity index (χ2n) is 4.28. The van der Waals surface area contributed by atoms with Crippen molar-refractivity contribution in [3.8, 4) is 0 Å². The molecule has 0 saturated carbocycles. The average molecular weight is 186 g/mol. The number of hydrogen-bond acceptors (Lipinski definition) is 2. The first-order valence-corrected chi connectivity index (χ1v) is 5.43. The highest BCUT2D eigenvalue weighted by molar-refractivity contribution is 4.70. The summed E-state index contributed by atoms with van der Waals surface area (Å²) in [6, 6.07) is 0.847. The van der Waals surface area contributed by atoms with Gasteiger partial charge in [0.1, 0.15) is 0 Å². The summed E-state index contributed by atoms with van der Waals surface area (Å²) in [4.78, 5) is 4.58. The third-order valence-corrected chi connectivity index (χ3v) is 2.56. The van der Waals surface area contributed by atoms with Gasteiger partial charge in [-0.05, 0) is 60.4 Å². The Labute approximate surface area is 83.9 Å². The summed E-state index contributed by atoms with van der Waals surface area (Å²) >= 11 is 0. The molecule has 1 heterocycles. The summed E-state index contributed by atoms with van der Waals surface area (Å²) in [6.45, 7) is 6.98. The molecule has 0 aromatic rings. The van der Waals surface area contributed by atoms with Crippen LogP contribution in [0.15, 0.2) is 0 Å². The van der Waals surface area contributed by atoms with E-state index in [9.17, 15) is 0 Å². The molecule has 80 valence electrons. The fourth-order valence-corrected chi connectivity index (χ4v) is 1.52. The quantitative estimate of drug-likeness (QED) is 0.651. The zero-order chi connectivity index (χ0) is 10.3. The molecule has 1 aliphatic rings. The van der Waals surface area contributed by atoms with E-state index in [-0.39, 0.29) is 0 Å². The Bertz CT molecular complexity index is 105. The molecule has 0 aromatic carbocycles. The van der Waals surface area contributed by atoms with Crippen LogP contribution in [0, 0.1) is 0 Å². The zero-order valence-corrected chi connectivity index (χ0v) is 10.0. The minimum absolute atomic E-state index is 0.847. The smallest absolute Gasteiger partial charge is 0.00643 e. The molecular weight excluding hydrogens is 160 g/mol. The molecule has 0 N–H and O–H groups in total. The summed E-state index contributed by atoms with van der Waals surface area (Å²) in [5.74, 6) is 0. The van der Waals surface area contributed by atoms with Crippen LogP contribution >= 0.6 is 0 Å². The largest absolute Gasteiger partial charge is 0.309 e. The normalized spacial score (nSPS) is 23.1. The van der Waals surface area contributed by atoms with Crippen molar-refractivity contribution in [3.05, 3.63) is 0 Å². The van der Waals surface area contributed by atoms with Crippen LogP contribution in [0.25, 0.3) is 0 Å². The van der Waals surface area contributed by atoms with Gasteiger partial charge in [0.05, 0.1) is 0 Å². The molecule has 13 heavy (non-hydrogen) atoms. The molecule has 0 aromatic heterocycles. The van der Waals surface area contributed by atoms with Crippen LogP contribution in [0.1, 0.15) is 33.1 Å². The fourth-order valence-electron chi connectivity index (χ4n) is 1.52. The van der Waals surface area contributed by atoms with Gasteiger partial charge in [-0.3, -0.25) is 0 Å². The van der Waals surface area contributed by atoms with E-state index in [1.54, 1.807) is 0 Å². The topological polar surface area (TPSA) is 6.48 Å². The molecule has 2 nitrogen and oxygen atoms in total. The van der Waals surface area contributed by atoms with Crippen molar-refractivity contribution in [2.45, 2.75) is 39.2 Å². The minimum Gasteiger partial charge on any atom is -0.309 e. The van der Waals surface area contributed by atoms with E-state index in [1.807, 2.05) is 0 Å². The lowest BCUT2D eigenvalue weighted by Crippen LogP contribution is -2.20. The van der Waals surface area contributed by atoms with Gasteiger partial charge in [-0.15, -0.1) is 0 Å². The van der Waals surface area contributed by atoms with E-state index in [0.29, 0.717) is 0 Å². The van der Waals surface area contributed by atoms with Crippen molar-refractivity contribution in [2.24, 2.45) is 0 Å². The van der Waals surface area contributed by atoms with Crippen LogP contribution in [0.4, 0.5) is 0 Å². The van der Waals surface area contributed by atoms with Crippen LogP contribution in [-0.2, 0) is 0 Å². The molecule has 1 rings (SSSR count). The first kappa shape index (κ1) is 12.9. The Balaban J connectivity index is 0.000000226. The highest BCUT2D eigenvalue weighted by Gasteiger charge is 2.14. The molecule has 0 amide bonds. The summed E-state index contributed by atoms with van der Waals surface area (Å²) in [5, 5.41) is 0. The van der Waals surface area contributed by atoms with Gasteiger partial charge in [-0.2, -0.15) is 0 Å². The lowest BCUT2D eigenvalue weighted by Gasteiger charge is -2.12. The maximum Gasteiger partial charge on any atom is 0.00643 e. The average Bonchev–Trinajstić information content (AvgIpc) is 2.37. The van der Waals surface area contributed by atoms with Crippen molar-refractivity contribution >= 4 is 0 Å². The summed E-state index contributed by atoms with van der Waals surface area (Å²) in [5.41, 5.74) is 0. The SMILES string of the molecule is CC1CCCN1C.CCCN(C)C. The number of rotatable bonds is 2. The highest BCUT2D eigenvalue weighted by Crippen LogP contribution is 2.12. The third-order valence-electron chi connectivity index (χ3n) is 2.56. The Kier molecular flexibility index (Phi) is 7.29. The minimum atomic E-state index is 0.847. The second-order valence-corrected chi connectivity index (χ2v) is 4.28. The predicted octanol–water partition coefficient (Wildman–Crippen LogP) is 2.06. The van der Waals surface area contributed by atoms with Crippen LogP contribution < -0.4 is 0 Å². The molecular formula is C11H26N2. The third kappa shape index (κ3) is 7.03. The summed E-state index contributed by atoms with van der Waals surface area (Å²) in [6.07, 6.45) is 4.06. The van der Waals surface area contributed by atoms with E-state index >= 15 is 0 Å². The lowest BCUT2D eigenvalue weighted by atomic mass is 10.3. The maximum absolute atomic E-state index is 2.40. The molecule has 1 aliphatic heterocycles. The van der Waals surface area contributed by atoms with Crippen molar-refractivity contribution in [3.63, 3.8) is 0 Å². The molecule has 0 bridgehead atoms. The van der Waals surface area contributed by atoms with E-state index in [4.69, 9.17) is 0 Å². The zero-order valence-electron chi connectivity index (χ0n) is 10.0. The van der Waals surface area contributed by atoms with Crippen LogP contribution in [0.5, 0.6) is 0 Å². The van der Waals surface area contributed by atoms with Gasteiger partial charge in [-0.25, -0.2) is 0 Å². The van der Waals surface area contributed by atoms with E-state index in [2.05, 4.69) is 44.8 Å². The molecule has 1 unspecified atom stereocenters. The van der Waals surface area contributed by atoms with Crippen molar-refractivity contribution in [1.82, 2.24) is 9.80 Å². The molecule has 0 aliphatic carbocycles. The van der Waals surface area contributed by atoms with E-state index < -0.39 is 0 Å². The van der Waals surface area contributed by atoms with Crippen molar-refractivity contribution in [1.29, 1.82) is 0 Å². The highest BCUT2D eigenvalue weighted by atomic mass is 15.1. The van der Waals surface area contributed by atoms with Gasteiger partial charge in [0.15, 0.2) is 0 Å². The monoisotopic (exact) mass is 186 g/mol. The first-order chi connectivity index (χ1) is 6.07. The van der Waals surface area contributed by atoms with E-state index in [0.717, 1.165) is 6.04 Å². The van der Waals surface area contributed by atoms with Gasteiger partial charge in [-0.1, -0.05) is 6.92 Å².